The fourth-order valence-corrected chi connectivity index (χ4v) is 1.39. The van der Waals surface area contributed by atoms with Gasteiger partial charge >= 0.3 is 0 Å². The van der Waals surface area contributed by atoms with E-state index in [1.165, 1.54) is 11.6 Å². The topological polar surface area (TPSA) is 21.3 Å². The van der Waals surface area contributed by atoms with Crippen molar-refractivity contribution in [1.29, 1.82) is 0 Å². The number of methoxy groups -OCH3 is 1. The molecule has 0 bridgehead atoms. The zero-order valence-corrected chi connectivity index (χ0v) is 9.35. The Labute approximate surface area is 90.4 Å². The van der Waals surface area contributed by atoms with Crippen molar-refractivity contribution in [2.75, 3.05) is 26.8 Å². The average Bonchev–Trinajstić information content (AvgIpc) is 2.23. The molecule has 0 saturated heterocycles. The minimum Gasteiger partial charge on any atom is -0.383 e. The van der Waals surface area contributed by atoms with Crippen LogP contribution in [0.5, 0.6) is 0 Å². The van der Waals surface area contributed by atoms with Crippen LogP contribution in [0.2, 0.25) is 0 Å². The maximum Gasteiger partial charge on any atom is 0.126 e. The van der Waals surface area contributed by atoms with Crippen LogP contribution < -0.4 is 5.32 Å². The van der Waals surface area contributed by atoms with E-state index in [0.717, 1.165) is 26.1 Å². The summed E-state index contributed by atoms with van der Waals surface area (Å²) in [6.07, 6.45) is 0.921. The van der Waals surface area contributed by atoms with Crippen LogP contribution in [0, 0.1) is 12.7 Å². The van der Waals surface area contributed by atoms with Crippen molar-refractivity contribution < 1.29 is 9.13 Å². The second kappa shape index (κ2) is 6.53. The summed E-state index contributed by atoms with van der Waals surface area (Å²) >= 11 is 0. The Bertz CT molecular complexity index is 302. The lowest BCUT2D eigenvalue weighted by molar-refractivity contribution is 0.199. The maximum atomic E-state index is 13.0. The van der Waals surface area contributed by atoms with Gasteiger partial charge in [-0.15, -0.1) is 0 Å². The van der Waals surface area contributed by atoms with E-state index in [-0.39, 0.29) is 5.82 Å². The number of ether oxygens (including phenoxy) is 1. The standard InChI is InChI=1S/C12H18FNO/c1-10-9-11(3-4-12(10)13)5-6-14-7-8-15-2/h3-4,9,14H,5-8H2,1-2H3. The molecule has 2 nitrogen and oxygen atoms in total. The van der Waals surface area contributed by atoms with Crippen LogP contribution in [0.4, 0.5) is 4.39 Å². The van der Waals surface area contributed by atoms with E-state index in [2.05, 4.69) is 5.32 Å². The van der Waals surface area contributed by atoms with Gasteiger partial charge in [0, 0.05) is 13.7 Å². The summed E-state index contributed by atoms with van der Waals surface area (Å²) in [6.45, 7) is 4.27. The Kier molecular flexibility index (Phi) is 5.29. The lowest BCUT2D eigenvalue weighted by Crippen LogP contribution is -2.21. The van der Waals surface area contributed by atoms with E-state index in [1.807, 2.05) is 12.1 Å². The zero-order valence-electron chi connectivity index (χ0n) is 9.35. The summed E-state index contributed by atoms with van der Waals surface area (Å²) in [5.74, 6) is -0.133. The predicted octanol–water partition coefficient (Wildman–Crippen LogP) is 1.91. The Morgan fingerprint density at radius 1 is 1.33 bits per heavy atom. The molecule has 1 aromatic rings. The highest BCUT2D eigenvalue weighted by atomic mass is 19.1. The first-order valence-electron chi connectivity index (χ1n) is 5.18. The number of hydrogen-bond donors (Lipinski definition) is 1. The molecule has 1 N–H and O–H groups in total. The molecule has 1 aromatic carbocycles. The fraction of sp³-hybridized carbons (Fsp3) is 0.500. The Morgan fingerprint density at radius 2 is 2.13 bits per heavy atom. The minimum absolute atomic E-state index is 0.133. The van der Waals surface area contributed by atoms with Crippen LogP contribution in [0.15, 0.2) is 18.2 Å². The molecule has 0 amide bonds. The van der Waals surface area contributed by atoms with E-state index in [0.29, 0.717) is 5.56 Å². The first-order chi connectivity index (χ1) is 7.24. The minimum atomic E-state index is -0.133. The molecule has 3 heteroatoms. The van der Waals surface area contributed by atoms with Crippen LogP contribution in [-0.4, -0.2) is 26.8 Å². The molecule has 0 spiro atoms. The molecule has 0 aliphatic carbocycles. The quantitative estimate of drug-likeness (QED) is 0.726. The van der Waals surface area contributed by atoms with Gasteiger partial charge in [-0.1, -0.05) is 12.1 Å². The molecular weight excluding hydrogens is 193 g/mol. The second-order valence-electron chi connectivity index (χ2n) is 3.58. The third-order valence-corrected chi connectivity index (χ3v) is 2.30. The largest absolute Gasteiger partial charge is 0.383 e. The van der Waals surface area contributed by atoms with Gasteiger partial charge < -0.3 is 10.1 Å². The SMILES string of the molecule is COCCNCCc1ccc(F)c(C)c1. The highest BCUT2D eigenvalue weighted by Gasteiger charge is 1.98. The summed E-state index contributed by atoms with van der Waals surface area (Å²) in [7, 11) is 1.69. The van der Waals surface area contributed by atoms with Gasteiger partial charge in [0.1, 0.15) is 5.82 Å². The predicted molar refractivity (Wildman–Crippen MR) is 59.6 cm³/mol. The van der Waals surface area contributed by atoms with Crippen molar-refractivity contribution in [3.05, 3.63) is 35.1 Å². The normalized spacial score (nSPS) is 10.6. The van der Waals surface area contributed by atoms with Crippen LogP contribution in [-0.2, 0) is 11.2 Å². The van der Waals surface area contributed by atoms with Gasteiger partial charge in [-0.2, -0.15) is 0 Å². The summed E-state index contributed by atoms with van der Waals surface area (Å²) < 4.78 is 17.9. The lowest BCUT2D eigenvalue weighted by atomic mass is 10.1. The molecule has 0 unspecified atom stereocenters. The molecule has 15 heavy (non-hydrogen) atoms. The summed E-state index contributed by atoms with van der Waals surface area (Å²) in [5.41, 5.74) is 1.88. The van der Waals surface area contributed by atoms with Crippen LogP contribution in [0.3, 0.4) is 0 Å². The van der Waals surface area contributed by atoms with Crippen molar-refractivity contribution in [3.8, 4) is 0 Å². The van der Waals surface area contributed by atoms with Crippen LogP contribution in [0.25, 0.3) is 0 Å². The second-order valence-corrected chi connectivity index (χ2v) is 3.58. The number of aryl methyl sites for hydroxylation is 1. The van der Waals surface area contributed by atoms with Gasteiger partial charge in [0.25, 0.3) is 0 Å². The third-order valence-electron chi connectivity index (χ3n) is 2.30. The first-order valence-corrected chi connectivity index (χ1v) is 5.18. The molecule has 0 fully saturated rings. The summed E-state index contributed by atoms with van der Waals surface area (Å²) in [4.78, 5) is 0. The molecule has 0 radical (unpaired) electrons. The Morgan fingerprint density at radius 3 is 2.80 bits per heavy atom. The fourth-order valence-electron chi connectivity index (χ4n) is 1.39. The smallest absolute Gasteiger partial charge is 0.126 e. The van der Waals surface area contributed by atoms with Crippen molar-refractivity contribution in [3.63, 3.8) is 0 Å². The summed E-state index contributed by atoms with van der Waals surface area (Å²) in [5, 5.41) is 3.25. The van der Waals surface area contributed by atoms with Gasteiger partial charge in [-0.3, -0.25) is 0 Å². The van der Waals surface area contributed by atoms with Crippen molar-refractivity contribution in [2.45, 2.75) is 13.3 Å². The van der Waals surface area contributed by atoms with E-state index < -0.39 is 0 Å². The number of nitrogens with one attached hydrogen (secondary N) is 1. The summed E-state index contributed by atoms with van der Waals surface area (Å²) in [6, 6.07) is 5.26. The number of benzene rings is 1. The highest BCUT2D eigenvalue weighted by molar-refractivity contribution is 5.24. The Hall–Kier alpha value is -0.930. The molecule has 0 aliphatic rings. The van der Waals surface area contributed by atoms with Crippen LogP contribution >= 0.6 is 0 Å². The van der Waals surface area contributed by atoms with Crippen molar-refractivity contribution >= 4 is 0 Å². The molecule has 0 heterocycles. The molecule has 0 atom stereocenters. The van der Waals surface area contributed by atoms with E-state index >= 15 is 0 Å². The Balaban J connectivity index is 2.28. The molecule has 1 rings (SSSR count). The van der Waals surface area contributed by atoms with Gasteiger partial charge in [0.15, 0.2) is 0 Å². The van der Waals surface area contributed by atoms with E-state index in [1.54, 1.807) is 14.0 Å². The molecule has 0 aromatic heterocycles. The lowest BCUT2D eigenvalue weighted by Gasteiger charge is -2.05. The van der Waals surface area contributed by atoms with E-state index in [9.17, 15) is 4.39 Å². The van der Waals surface area contributed by atoms with Gasteiger partial charge in [-0.25, -0.2) is 4.39 Å². The number of halogens is 1. The molecule has 0 saturated carbocycles. The average molecular weight is 211 g/mol. The maximum absolute atomic E-state index is 13.0. The van der Waals surface area contributed by atoms with Gasteiger partial charge in [0.2, 0.25) is 0 Å². The van der Waals surface area contributed by atoms with Gasteiger partial charge in [0.05, 0.1) is 6.61 Å². The monoisotopic (exact) mass is 211 g/mol. The third kappa shape index (κ3) is 4.40. The van der Waals surface area contributed by atoms with Crippen molar-refractivity contribution in [1.82, 2.24) is 5.32 Å². The molecule has 84 valence electrons. The number of rotatable bonds is 6. The van der Waals surface area contributed by atoms with Crippen molar-refractivity contribution in [2.24, 2.45) is 0 Å². The van der Waals surface area contributed by atoms with E-state index in [4.69, 9.17) is 4.74 Å². The molecule has 0 aliphatic heterocycles. The first kappa shape index (κ1) is 12.1. The van der Waals surface area contributed by atoms with Crippen LogP contribution in [0.1, 0.15) is 11.1 Å². The zero-order chi connectivity index (χ0) is 11.1. The van der Waals surface area contributed by atoms with Gasteiger partial charge in [-0.05, 0) is 37.1 Å². The number of hydrogen-bond acceptors (Lipinski definition) is 2. The highest BCUT2D eigenvalue weighted by Crippen LogP contribution is 2.09. The molecular formula is C12H18FNO.